The van der Waals surface area contributed by atoms with Crippen LogP contribution in [0, 0.1) is 0 Å². The molecule has 1 heterocycles. The van der Waals surface area contributed by atoms with E-state index in [-0.39, 0.29) is 25.9 Å². The van der Waals surface area contributed by atoms with Crippen LogP contribution in [-0.4, -0.2) is 89.2 Å². The Kier molecular flexibility index (Phi) is 44.4. The number of aliphatic carboxylic acids is 1. The average molecular weight is 1020 g/mol. The van der Waals surface area contributed by atoms with Crippen molar-refractivity contribution in [2.75, 3.05) is 13.2 Å². The van der Waals surface area contributed by atoms with Gasteiger partial charge in [-0.2, -0.15) is 0 Å². The third kappa shape index (κ3) is 38.8. The van der Waals surface area contributed by atoms with E-state index in [0.717, 1.165) is 122 Å². The van der Waals surface area contributed by atoms with Crippen molar-refractivity contribution in [2.45, 2.75) is 250 Å². The van der Waals surface area contributed by atoms with Crippen molar-refractivity contribution in [1.29, 1.82) is 0 Å². The van der Waals surface area contributed by atoms with Crippen LogP contribution in [0.2, 0.25) is 0 Å². The molecule has 3 N–H and O–H groups in total. The predicted molar refractivity (Wildman–Crippen MR) is 294 cm³/mol. The van der Waals surface area contributed by atoms with Gasteiger partial charge in [0.1, 0.15) is 18.8 Å². The minimum absolute atomic E-state index is 0.0161. The first-order chi connectivity index (χ1) is 35.6. The lowest BCUT2D eigenvalue weighted by Gasteiger charge is -2.40. The topological polar surface area (TPSA) is 175 Å². The Morgan fingerprint density at radius 3 is 1.33 bits per heavy atom. The normalized spacial score (nSPS) is 19.1. The zero-order valence-electron chi connectivity index (χ0n) is 45.3. The summed E-state index contributed by atoms with van der Waals surface area (Å²) in [6, 6.07) is 0. The second-order valence-electron chi connectivity index (χ2n) is 18.8. The van der Waals surface area contributed by atoms with Crippen LogP contribution in [0.5, 0.6) is 0 Å². The molecule has 6 unspecified atom stereocenters. The molecule has 0 saturated carbocycles. The summed E-state index contributed by atoms with van der Waals surface area (Å²) < 4.78 is 28.3. The highest BCUT2D eigenvalue weighted by Gasteiger charge is 2.50. The number of unbranched alkanes of at least 4 members (excludes halogenated alkanes) is 16. The zero-order valence-corrected chi connectivity index (χ0v) is 45.3. The van der Waals surface area contributed by atoms with Gasteiger partial charge in [0.05, 0.1) is 6.61 Å². The van der Waals surface area contributed by atoms with E-state index >= 15 is 0 Å². The maximum absolute atomic E-state index is 13.0. The summed E-state index contributed by atoms with van der Waals surface area (Å²) in [5.74, 6) is -3.20. The Labute approximate surface area is 441 Å². The van der Waals surface area contributed by atoms with Gasteiger partial charge in [-0.05, 0) is 96.3 Å². The van der Waals surface area contributed by atoms with Crippen LogP contribution in [0.1, 0.15) is 213 Å². The number of aliphatic hydroxyl groups is 2. The van der Waals surface area contributed by atoms with Gasteiger partial charge in [-0.3, -0.25) is 14.4 Å². The predicted octanol–water partition coefficient (Wildman–Crippen LogP) is 14.1. The molecule has 12 heteroatoms. The molecule has 0 aromatic heterocycles. The van der Waals surface area contributed by atoms with Crippen molar-refractivity contribution in [2.24, 2.45) is 0 Å². The summed E-state index contributed by atoms with van der Waals surface area (Å²) in [5.41, 5.74) is 0. The second-order valence-corrected chi connectivity index (χ2v) is 18.8. The lowest BCUT2D eigenvalue weighted by molar-refractivity contribution is -0.301. The van der Waals surface area contributed by atoms with Crippen LogP contribution in [0.4, 0.5) is 0 Å². The van der Waals surface area contributed by atoms with E-state index in [0.29, 0.717) is 19.3 Å². The third-order valence-electron chi connectivity index (χ3n) is 12.2. The van der Waals surface area contributed by atoms with Gasteiger partial charge >= 0.3 is 23.9 Å². The molecule has 414 valence electrons. The second kappa shape index (κ2) is 48.6. The van der Waals surface area contributed by atoms with Gasteiger partial charge in [-0.25, -0.2) is 4.79 Å². The molecule has 0 radical (unpaired) electrons. The Morgan fingerprint density at radius 1 is 0.466 bits per heavy atom. The largest absolute Gasteiger partial charge is 0.479 e. The summed E-state index contributed by atoms with van der Waals surface area (Å²) in [6.07, 6.45) is 51.1. The molecular weight excluding hydrogens is 925 g/mol. The third-order valence-corrected chi connectivity index (χ3v) is 12.2. The Bertz CT molecular complexity index is 1640. The van der Waals surface area contributed by atoms with Crippen molar-refractivity contribution in [1.82, 2.24) is 0 Å². The fourth-order valence-corrected chi connectivity index (χ4v) is 7.88. The van der Waals surface area contributed by atoms with Crippen LogP contribution < -0.4 is 0 Å². The number of carboxylic acids is 1. The van der Waals surface area contributed by atoms with E-state index < -0.39 is 67.3 Å². The number of esters is 3. The molecule has 0 amide bonds. The molecular formula is C61H98O12. The van der Waals surface area contributed by atoms with Crippen LogP contribution >= 0.6 is 0 Å². The molecule has 1 aliphatic heterocycles. The number of carboxylic acid groups (broad SMARTS) is 1. The fraction of sp³-hybridized carbons (Fsp3) is 0.672. The van der Waals surface area contributed by atoms with Crippen LogP contribution in [0.3, 0.4) is 0 Å². The smallest absolute Gasteiger partial charge is 0.335 e. The number of ether oxygens (including phenoxy) is 5. The van der Waals surface area contributed by atoms with Crippen molar-refractivity contribution in [3.8, 4) is 0 Å². The number of carbonyl (C=O) groups is 4. The van der Waals surface area contributed by atoms with Gasteiger partial charge in [0.15, 0.2) is 24.6 Å². The van der Waals surface area contributed by atoms with Gasteiger partial charge in [-0.15, -0.1) is 0 Å². The van der Waals surface area contributed by atoms with Gasteiger partial charge in [-0.1, -0.05) is 195 Å². The highest BCUT2D eigenvalue weighted by atomic mass is 16.7. The number of hydrogen-bond donors (Lipinski definition) is 3. The average Bonchev–Trinajstić information content (AvgIpc) is 3.37. The van der Waals surface area contributed by atoms with E-state index in [9.17, 15) is 34.5 Å². The molecule has 1 aliphatic rings. The first-order valence-electron chi connectivity index (χ1n) is 28.2. The summed E-state index contributed by atoms with van der Waals surface area (Å²) in [6.45, 7) is 5.69. The highest BCUT2D eigenvalue weighted by molar-refractivity contribution is 5.74. The van der Waals surface area contributed by atoms with Gasteiger partial charge in [0.25, 0.3) is 0 Å². The molecule has 0 aromatic rings. The molecule has 0 bridgehead atoms. The van der Waals surface area contributed by atoms with Gasteiger partial charge in [0.2, 0.25) is 0 Å². The first kappa shape index (κ1) is 66.7. The molecule has 0 aliphatic carbocycles. The summed E-state index contributed by atoms with van der Waals surface area (Å²) in [4.78, 5) is 50.9. The van der Waals surface area contributed by atoms with Crippen molar-refractivity contribution < 1.29 is 58.2 Å². The number of allylic oxidation sites excluding steroid dienone is 16. The lowest BCUT2D eigenvalue weighted by atomic mass is 9.98. The molecule has 12 nitrogen and oxygen atoms in total. The van der Waals surface area contributed by atoms with Crippen molar-refractivity contribution in [3.05, 3.63) is 97.2 Å². The maximum atomic E-state index is 13.0. The molecule has 0 spiro atoms. The number of rotatable bonds is 46. The van der Waals surface area contributed by atoms with E-state index in [4.69, 9.17) is 23.7 Å². The highest BCUT2D eigenvalue weighted by Crippen LogP contribution is 2.26. The van der Waals surface area contributed by atoms with E-state index in [1.54, 1.807) is 0 Å². The minimum atomic E-state index is -1.92. The van der Waals surface area contributed by atoms with Crippen LogP contribution in [0.15, 0.2) is 97.2 Å². The van der Waals surface area contributed by atoms with Crippen molar-refractivity contribution >= 4 is 23.9 Å². The Morgan fingerprint density at radius 2 is 0.863 bits per heavy atom. The monoisotopic (exact) mass is 1020 g/mol. The molecule has 6 atom stereocenters. The zero-order chi connectivity index (χ0) is 53.3. The minimum Gasteiger partial charge on any atom is -0.479 e. The summed E-state index contributed by atoms with van der Waals surface area (Å²) >= 11 is 0. The van der Waals surface area contributed by atoms with E-state index in [1.807, 2.05) is 0 Å². The lowest BCUT2D eigenvalue weighted by Crippen LogP contribution is -2.61. The standard InChI is InChI=1S/C61H98O12/c1-4-7-10-13-16-19-21-23-25-26-27-28-30-32-34-37-40-43-46-49-55(64)72-59-57(66)56(65)58(60(67)68)73-61(59)70-51-52(71-54(63)48-45-42-39-35-18-15-12-9-6-3)50-69-53(62)47-44-41-38-36-33-31-29-24-22-20-17-14-11-8-5-2/h7-8,10-11,16-17,19-20,23-25,27-29,32,34,52,56-59,61,65-66H,4-6,9,12-15,18,21-22,26,30-31,33,35-51H2,1-3H3,(H,67,68)/b10-7-,11-8-,19-16-,20-17-,25-23-,28-27-,29-24-,34-32-. The molecule has 1 rings (SSSR count). The molecule has 73 heavy (non-hydrogen) atoms. The van der Waals surface area contributed by atoms with E-state index in [1.165, 1.54) is 32.1 Å². The summed E-state index contributed by atoms with van der Waals surface area (Å²) in [7, 11) is 0. The maximum Gasteiger partial charge on any atom is 0.335 e. The Hall–Kier alpha value is -4.36. The summed E-state index contributed by atoms with van der Waals surface area (Å²) in [5, 5.41) is 31.4. The first-order valence-corrected chi connectivity index (χ1v) is 28.2. The number of hydrogen-bond acceptors (Lipinski definition) is 11. The molecule has 0 aromatic carbocycles. The molecule has 1 fully saturated rings. The SMILES string of the molecule is CC/C=C\C/C=C\C/C=C\C/C=C\C/C=C\CCCCCC(=O)OC1C(OCC(COC(=O)CCCCCCC/C=C\C/C=C\C/C=C\CC)OC(=O)CCCCCCCCCCC)OC(C(=O)O)C(O)C1O. The van der Waals surface area contributed by atoms with Gasteiger partial charge < -0.3 is 39.0 Å². The Balaban J connectivity index is 2.70. The van der Waals surface area contributed by atoms with E-state index in [2.05, 4.69) is 118 Å². The fourth-order valence-electron chi connectivity index (χ4n) is 7.88. The number of carbonyl (C=O) groups excluding carboxylic acids is 3. The van der Waals surface area contributed by atoms with Crippen LogP contribution in [0.25, 0.3) is 0 Å². The van der Waals surface area contributed by atoms with Crippen LogP contribution in [-0.2, 0) is 42.9 Å². The number of aliphatic hydroxyl groups excluding tert-OH is 2. The van der Waals surface area contributed by atoms with Crippen molar-refractivity contribution in [3.63, 3.8) is 0 Å². The van der Waals surface area contributed by atoms with Gasteiger partial charge in [0, 0.05) is 19.3 Å². The quantitative estimate of drug-likeness (QED) is 0.0228. The molecule has 1 saturated heterocycles.